The molecule has 1 aromatic carbocycles. The van der Waals surface area contributed by atoms with Crippen LogP contribution < -0.4 is 0 Å². The molecular formula is C15H20Cl2N2. The van der Waals surface area contributed by atoms with Crippen molar-refractivity contribution in [2.24, 2.45) is 0 Å². The van der Waals surface area contributed by atoms with E-state index in [0.29, 0.717) is 5.88 Å². The van der Waals surface area contributed by atoms with Gasteiger partial charge >= 0.3 is 0 Å². The summed E-state index contributed by atoms with van der Waals surface area (Å²) in [6.45, 7) is 6.67. The molecule has 0 radical (unpaired) electrons. The van der Waals surface area contributed by atoms with Crippen LogP contribution in [0.2, 0.25) is 5.02 Å². The number of rotatable bonds is 5. The number of alkyl halides is 1. The number of fused-ring (bicyclic) bond motifs is 1. The largest absolute Gasteiger partial charge is 0.321 e. The molecule has 0 fully saturated rings. The fourth-order valence-corrected chi connectivity index (χ4v) is 3.29. The van der Waals surface area contributed by atoms with E-state index in [-0.39, 0.29) is 5.54 Å². The number of hydrogen-bond donors (Lipinski definition) is 0. The smallest absolute Gasteiger partial charge is 0.125 e. The molecule has 19 heavy (non-hydrogen) atoms. The van der Waals surface area contributed by atoms with Gasteiger partial charge in [0.25, 0.3) is 0 Å². The zero-order chi connectivity index (χ0) is 14.0. The summed E-state index contributed by atoms with van der Waals surface area (Å²) in [7, 11) is 0. The highest BCUT2D eigenvalue weighted by Gasteiger charge is 2.30. The molecule has 0 saturated carbocycles. The van der Waals surface area contributed by atoms with Crippen molar-refractivity contribution < 1.29 is 0 Å². The lowest BCUT2D eigenvalue weighted by molar-refractivity contribution is 0.253. The average Bonchev–Trinajstić information content (AvgIpc) is 2.80. The van der Waals surface area contributed by atoms with Crippen LogP contribution in [0.15, 0.2) is 18.2 Å². The van der Waals surface area contributed by atoms with Gasteiger partial charge in [0.15, 0.2) is 0 Å². The molecule has 0 aliphatic rings. The fourth-order valence-electron chi connectivity index (χ4n) is 2.94. The average molecular weight is 299 g/mol. The van der Waals surface area contributed by atoms with E-state index in [4.69, 9.17) is 23.2 Å². The Morgan fingerprint density at radius 3 is 2.32 bits per heavy atom. The van der Waals surface area contributed by atoms with Gasteiger partial charge in [-0.2, -0.15) is 0 Å². The highest BCUT2D eigenvalue weighted by Crippen LogP contribution is 2.35. The highest BCUT2D eigenvalue weighted by molar-refractivity contribution is 6.31. The van der Waals surface area contributed by atoms with Gasteiger partial charge in [-0.15, -0.1) is 11.6 Å². The third kappa shape index (κ3) is 2.36. The molecule has 0 N–H and O–H groups in total. The second kappa shape index (κ2) is 5.72. The topological polar surface area (TPSA) is 17.8 Å². The standard InChI is InChI=1S/C15H20Cl2N2/c1-4-15(5-2,6-3)19-13-9-11(17)7-8-12(13)18-14(19)10-16/h7-9H,4-6,10H2,1-3H3. The Hall–Kier alpha value is -0.730. The summed E-state index contributed by atoms with van der Waals surface area (Å²) < 4.78 is 2.31. The van der Waals surface area contributed by atoms with E-state index in [1.807, 2.05) is 18.2 Å². The van der Waals surface area contributed by atoms with Gasteiger partial charge in [0.05, 0.1) is 16.9 Å². The normalized spacial score (nSPS) is 12.3. The Morgan fingerprint density at radius 2 is 1.79 bits per heavy atom. The first-order valence-electron chi connectivity index (χ1n) is 6.85. The fraction of sp³-hybridized carbons (Fsp3) is 0.533. The lowest BCUT2D eigenvalue weighted by Crippen LogP contribution is -2.32. The van der Waals surface area contributed by atoms with Gasteiger partial charge in [0, 0.05) is 10.6 Å². The third-order valence-corrected chi connectivity index (χ3v) is 4.73. The van der Waals surface area contributed by atoms with Crippen LogP contribution in [0.1, 0.15) is 45.9 Å². The van der Waals surface area contributed by atoms with Crippen LogP contribution in [0.25, 0.3) is 11.0 Å². The van der Waals surface area contributed by atoms with Crippen molar-refractivity contribution >= 4 is 34.2 Å². The number of hydrogen-bond acceptors (Lipinski definition) is 1. The number of aromatic nitrogens is 2. The van der Waals surface area contributed by atoms with Gasteiger partial charge in [-0.3, -0.25) is 0 Å². The molecule has 1 heterocycles. The zero-order valence-corrected chi connectivity index (χ0v) is 13.2. The maximum absolute atomic E-state index is 6.15. The van der Waals surface area contributed by atoms with Crippen molar-refractivity contribution in [3.63, 3.8) is 0 Å². The van der Waals surface area contributed by atoms with Crippen molar-refractivity contribution in [3.05, 3.63) is 29.0 Å². The first-order chi connectivity index (χ1) is 9.11. The summed E-state index contributed by atoms with van der Waals surface area (Å²) in [5.74, 6) is 1.36. The van der Waals surface area contributed by atoms with Crippen LogP contribution in [-0.4, -0.2) is 9.55 Å². The van der Waals surface area contributed by atoms with Gasteiger partial charge in [0.1, 0.15) is 5.82 Å². The number of nitrogens with zero attached hydrogens (tertiary/aromatic N) is 2. The molecule has 0 atom stereocenters. The van der Waals surface area contributed by atoms with Crippen molar-refractivity contribution in [2.75, 3.05) is 0 Å². The molecular weight excluding hydrogens is 279 g/mol. The first kappa shape index (κ1) is 14.7. The summed E-state index contributed by atoms with van der Waals surface area (Å²) >= 11 is 12.3. The van der Waals surface area contributed by atoms with E-state index < -0.39 is 0 Å². The predicted molar refractivity (Wildman–Crippen MR) is 83.1 cm³/mol. The first-order valence-corrected chi connectivity index (χ1v) is 7.76. The van der Waals surface area contributed by atoms with Crippen LogP contribution in [-0.2, 0) is 11.4 Å². The Morgan fingerprint density at radius 1 is 1.16 bits per heavy atom. The second-order valence-electron chi connectivity index (χ2n) is 4.92. The molecule has 0 aliphatic carbocycles. The Bertz CT molecular complexity index is 563. The summed E-state index contributed by atoms with van der Waals surface area (Å²) in [6, 6.07) is 5.84. The summed E-state index contributed by atoms with van der Waals surface area (Å²) in [5, 5.41) is 0.743. The number of halogens is 2. The zero-order valence-electron chi connectivity index (χ0n) is 11.7. The van der Waals surface area contributed by atoms with Crippen LogP contribution in [0.3, 0.4) is 0 Å². The van der Waals surface area contributed by atoms with Crippen LogP contribution in [0.4, 0.5) is 0 Å². The molecule has 104 valence electrons. The molecule has 0 spiro atoms. The van der Waals surface area contributed by atoms with Crippen molar-refractivity contribution in [3.8, 4) is 0 Å². The minimum absolute atomic E-state index is 0.0731. The predicted octanol–water partition coefficient (Wildman–Crippen LogP) is 5.35. The van der Waals surface area contributed by atoms with Crippen LogP contribution >= 0.6 is 23.2 Å². The van der Waals surface area contributed by atoms with E-state index in [9.17, 15) is 0 Å². The maximum atomic E-state index is 6.15. The minimum Gasteiger partial charge on any atom is -0.321 e. The molecule has 0 unspecified atom stereocenters. The van der Waals surface area contributed by atoms with Crippen molar-refractivity contribution in [2.45, 2.75) is 51.5 Å². The quantitative estimate of drug-likeness (QED) is 0.680. The van der Waals surface area contributed by atoms with Crippen molar-refractivity contribution in [1.29, 1.82) is 0 Å². The number of imidazole rings is 1. The summed E-state index contributed by atoms with van der Waals surface area (Å²) in [5.41, 5.74) is 2.14. The summed E-state index contributed by atoms with van der Waals surface area (Å²) in [6.07, 6.45) is 3.17. The number of benzene rings is 1. The molecule has 2 rings (SSSR count). The second-order valence-corrected chi connectivity index (χ2v) is 5.62. The van der Waals surface area contributed by atoms with Gasteiger partial charge in [-0.05, 0) is 37.5 Å². The molecule has 0 amide bonds. The molecule has 0 bridgehead atoms. The van der Waals surface area contributed by atoms with Gasteiger partial charge in [-0.1, -0.05) is 32.4 Å². The van der Waals surface area contributed by atoms with Gasteiger partial charge in [0.2, 0.25) is 0 Å². The van der Waals surface area contributed by atoms with E-state index >= 15 is 0 Å². The highest BCUT2D eigenvalue weighted by atomic mass is 35.5. The van der Waals surface area contributed by atoms with Crippen LogP contribution in [0, 0.1) is 0 Å². The Balaban J connectivity index is 2.78. The minimum atomic E-state index is 0.0731. The summed E-state index contributed by atoms with van der Waals surface area (Å²) in [4.78, 5) is 4.65. The monoisotopic (exact) mass is 298 g/mol. The van der Waals surface area contributed by atoms with E-state index in [1.165, 1.54) is 0 Å². The Kier molecular flexibility index (Phi) is 4.42. The molecule has 2 nitrogen and oxygen atoms in total. The van der Waals surface area contributed by atoms with Crippen LogP contribution in [0.5, 0.6) is 0 Å². The van der Waals surface area contributed by atoms with E-state index in [1.54, 1.807) is 0 Å². The Labute approximate surface area is 124 Å². The van der Waals surface area contributed by atoms with Gasteiger partial charge < -0.3 is 4.57 Å². The molecule has 0 aliphatic heterocycles. The SMILES string of the molecule is CCC(CC)(CC)n1c(CCl)nc2ccc(Cl)cc21. The van der Waals surface area contributed by atoms with E-state index in [0.717, 1.165) is 41.1 Å². The molecule has 1 aromatic heterocycles. The molecule has 0 saturated heterocycles. The molecule has 4 heteroatoms. The third-order valence-electron chi connectivity index (χ3n) is 4.25. The lowest BCUT2D eigenvalue weighted by atomic mass is 9.89. The van der Waals surface area contributed by atoms with Gasteiger partial charge in [-0.25, -0.2) is 4.98 Å². The lowest BCUT2D eigenvalue weighted by Gasteiger charge is -2.34. The van der Waals surface area contributed by atoms with Crippen molar-refractivity contribution in [1.82, 2.24) is 9.55 Å². The van der Waals surface area contributed by atoms with E-state index in [2.05, 4.69) is 30.3 Å². The maximum Gasteiger partial charge on any atom is 0.125 e. The molecule has 2 aromatic rings.